The predicted molar refractivity (Wildman–Crippen MR) is 108 cm³/mol. The first-order chi connectivity index (χ1) is 13.9. The number of rotatable bonds is 6. The Hall–Kier alpha value is -3.52. The zero-order chi connectivity index (χ0) is 21.0. The first kappa shape index (κ1) is 20.2. The van der Waals surface area contributed by atoms with Crippen molar-refractivity contribution in [1.82, 2.24) is 4.98 Å². The van der Waals surface area contributed by atoms with Crippen LogP contribution in [0.4, 0.5) is 8.78 Å². The highest BCUT2D eigenvalue weighted by atomic mass is 19.1. The highest BCUT2D eigenvalue weighted by Gasteiger charge is 2.12. The number of hydrogen-bond donors (Lipinski definition) is 0. The van der Waals surface area contributed by atoms with E-state index in [4.69, 9.17) is 10.00 Å². The molecule has 5 heteroatoms. The number of nitriles is 1. The number of nitrogens with zero attached hydrogens (tertiary/aromatic N) is 2. The summed E-state index contributed by atoms with van der Waals surface area (Å²) in [4.78, 5) is 4.43. The standard InChI is InChI=1S/C24H20F2N2O/c1-15(2)9-19-10-16(3)20(12-22(19)26)23-5-4-6-24(28-23)29-14-18-8-7-17(13-27)11-21(18)25/h4-8,10-12H,1,9,14H2,2-3H3. The van der Waals surface area contributed by atoms with Crippen LogP contribution in [-0.4, -0.2) is 4.98 Å². The van der Waals surface area contributed by atoms with Gasteiger partial charge in [0.05, 0.1) is 17.3 Å². The summed E-state index contributed by atoms with van der Waals surface area (Å²) in [6.07, 6.45) is 0.486. The van der Waals surface area contributed by atoms with E-state index in [9.17, 15) is 8.78 Å². The van der Waals surface area contributed by atoms with Crippen molar-refractivity contribution in [2.24, 2.45) is 0 Å². The fourth-order valence-electron chi connectivity index (χ4n) is 3.01. The molecule has 0 radical (unpaired) electrons. The normalized spacial score (nSPS) is 10.4. The maximum atomic E-state index is 14.5. The van der Waals surface area contributed by atoms with Gasteiger partial charge in [-0.3, -0.25) is 0 Å². The molecule has 0 aliphatic heterocycles. The molecule has 0 spiro atoms. The Labute approximate surface area is 168 Å². The lowest BCUT2D eigenvalue weighted by molar-refractivity contribution is 0.288. The highest BCUT2D eigenvalue weighted by Crippen LogP contribution is 2.27. The lowest BCUT2D eigenvalue weighted by atomic mass is 9.98. The van der Waals surface area contributed by atoms with E-state index in [2.05, 4.69) is 11.6 Å². The van der Waals surface area contributed by atoms with Crippen LogP contribution >= 0.6 is 0 Å². The van der Waals surface area contributed by atoms with E-state index in [1.54, 1.807) is 24.3 Å². The molecule has 0 N–H and O–H groups in total. The smallest absolute Gasteiger partial charge is 0.214 e. The molecule has 146 valence electrons. The number of benzene rings is 2. The zero-order valence-electron chi connectivity index (χ0n) is 16.3. The third-order valence-corrected chi connectivity index (χ3v) is 4.44. The second-order valence-corrected chi connectivity index (χ2v) is 6.96. The van der Waals surface area contributed by atoms with E-state index in [1.165, 1.54) is 24.3 Å². The summed E-state index contributed by atoms with van der Waals surface area (Å²) >= 11 is 0. The van der Waals surface area contributed by atoms with Crippen LogP contribution in [0.15, 0.2) is 60.7 Å². The molecule has 0 bridgehead atoms. The van der Waals surface area contributed by atoms with Crippen molar-refractivity contribution in [2.45, 2.75) is 26.9 Å². The van der Waals surface area contributed by atoms with Crippen molar-refractivity contribution in [3.8, 4) is 23.2 Å². The number of ether oxygens (including phenoxy) is 1. The molecule has 0 amide bonds. The summed E-state index contributed by atoms with van der Waals surface area (Å²) in [6, 6.07) is 14.6. The summed E-state index contributed by atoms with van der Waals surface area (Å²) in [5.41, 5.74) is 4.19. The number of allylic oxidation sites excluding steroid dienone is 1. The van der Waals surface area contributed by atoms with Crippen molar-refractivity contribution < 1.29 is 13.5 Å². The van der Waals surface area contributed by atoms with Gasteiger partial charge >= 0.3 is 0 Å². The maximum absolute atomic E-state index is 14.5. The van der Waals surface area contributed by atoms with Crippen LogP contribution in [0.5, 0.6) is 5.88 Å². The van der Waals surface area contributed by atoms with E-state index in [-0.39, 0.29) is 18.0 Å². The van der Waals surface area contributed by atoms with Gasteiger partial charge in [-0.25, -0.2) is 13.8 Å². The number of halogens is 2. The third-order valence-electron chi connectivity index (χ3n) is 4.44. The Kier molecular flexibility index (Phi) is 6.04. The quantitative estimate of drug-likeness (QED) is 0.492. The van der Waals surface area contributed by atoms with Crippen LogP contribution in [0.1, 0.15) is 29.2 Å². The fourth-order valence-corrected chi connectivity index (χ4v) is 3.01. The van der Waals surface area contributed by atoms with E-state index < -0.39 is 5.82 Å². The van der Waals surface area contributed by atoms with Crippen molar-refractivity contribution in [1.29, 1.82) is 5.26 Å². The van der Waals surface area contributed by atoms with Gasteiger partial charge in [-0.2, -0.15) is 5.26 Å². The van der Waals surface area contributed by atoms with Crippen molar-refractivity contribution in [2.75, 3.05) is 0 Å². The van der Waals surface area contributed by atoms with Crippen LogP contribution in [-0.2, 0) is 13.0 Å². The fraction of sp³-hybridized carbons (Fsp3) is 0.167. The van der Waals surface area contributed by atoms with E-state index in [1.807, 2.05) is 19.9 Å². The molecule has 0 atom stereocenters. The molecule has 2 aromatic carbocycles. The van der Waals surface area contributed by atoms with Crippen LogP contribution < -0.4 is 4.74 Å². The van der Waals surface area contributed by atoms with Gasteiger partial charge < -0.3 is 4.74 Å². The van der Waals surface area contributed by atoms with Gasteiger partial charge in [0.1, 0.15) is 18.2 Å². The molecule has 0 fully saturated rings. The monoisotopic (exact) mass is 390 g/mol. The van der Waals surface area contributed by atoms with E-state index >= 15 is 0 Å². The van der Waals surface area contributed by atoms with Gasteiger partial charge in [-0.05, 0) is 55.7 Å². The average molecular weight is 390 g/mol. The molecule has 3 nitrogen and oxygen atoms in total. The van der Waals surface area contributed by atoms with Gasteiger partial charge in [0.2, 0.25) is 5.88 Å². The van der Waals surface area contributed by atoms with E-state index in [0.29, 0.717) is 34.7 Å². The minimum absolute atomic E-state index is 0.0289. The highest BCUT2D eigenvalue weighted by molar-refractivity contribution is 5.64. The van der Waals surface area contributed by atoms with Gasteiger partial charge in [0.25, 0.3) is 0 Å². The molecule has 1 heterocycles. The van der Waals surface area contributed by atoms with Crippen molar-refractivity contribution >= 4 is 0 Å². The third kappa shape index (κ3) is 4.85. The lowest BCUT2D eigenvalue weighted by Gasteiger charge is -2.12. The van der Waals surface area contributed by atoms with Gasteiger partial charge in [-0.15, -0.1) is 0 Å². The molecule has 0 aliphatic rings. The first-order valence-corrected chi connectivity index (χ1v) is 9.09. The van der Waals surface area contributed by atoms with Crippen molar-refractivity contribution in [3.63, 3.8) is 0 Å². The Morgan fingerprint density at radius 2 is 1.86 bits per heavy atom. The molecule has 1 aromatic heterocycles. The average Bonchev–Trinajstić information content (AvgIpc) is 2.69. The van der Waals surface area contributed by atoms with Gasteiger partial charge in [0.15, 0.2) is 0 Å². The molecule has 3 aromatic rings. The minimum atomic E-state index is -0.508. The molecule has 0 unspecified atom stereocenters. The summed E-state index contributed by atoms with van der Waals surface area (Å²) in [7, 11) is 0. The summed E-state index contributed by atoms with van der Waals surface area (Å²) in [5, 5.41) is 8.81. The molecule has 0 saturated carbocycles. The Morgan fingerprint density at radius 1 is 1.10 bits per heavy atom. The predicted octanol–water partition coefficient (Wildman–Crippen LogP) is 5.90. The van der Waals surface area contributed by atoms with Gasteiger partial charge in [0, 0.05) is 17.2 Å². The second-order valence-electron chi connectivity index (χ2n) is 6.96. The topological polar surface area (TPSA) is 45.9 Å². The Bertz CT molecular complexity index is 1120. The van der Waals surface area contributed by atoms with Crippen LogP contribution in [0.3, 0.4) is 0 Å². The van der Waals surface area contributed by atoms with Crippen molar-refractivity contribution in [3.05, 3.63) is 94.6 Å². The Morgan fingerprint density at radius 3 is 2.55 bits per heavy atom. The number of hydrogen-bond acceptors (Lipinski definition) is 3. The molecular formula is C24H20F2N2O. The lowest BCUT2D eigenvalue weighted by Crippen LogP contribution is -2.01. The maximum Gasteiger partial charge on any atom is 0.214 e. The zero-order valence-corrected chi connectivity index (χ0v) is 16.3. The summed E-state index contributed by atoms with van der Waals surface area (Å²) in [5.74, 6) is -0.510. The molecule has 3 rings (SSSR count). The van der Waals surface area contributed by atoms with Crippen LogP contribution in [0.25, 0.3) is 11.3 Å². The van der Waals surface area contributed by atoms with Gasteiger partial charge in [-0.1, -0.05) is 30.4 Å². The number of pyridine rings is 1. The summed E-state index contributed by atoms with van der Waals surface area (Å²) < 4.78 is 34.1. The van der Waals surface area contributed by atoms with Crippen LogP contribution in [0, 0.1) is 29.9 Å². The Balaban J connectivity index is 1.82. The largest absolute Gasteiger partial charge is 0.473 e. The van der Waals surface area contributed by atoms with Crippen LogP contribution in [0.2, 0.25) is 0 Å². The number of aromatic nitrogens is 1. The molecular weight excluding hydrogens is 370 g/mol. The minimum Gasteiger partial charge on any atom is -0.473 e. The molecule has 29 heavy (non-hydrogen) atoms. The SMILES string of the molecule is C=C(C)Cc1cc(C)c(-c2cccc(OCc3ccc(C#N)cc3F)n2)cc1F. The molecule has 0 saturated heterocycles. The second kappa shape index (κ2) is 8.66. The number of aryl methyl sites for hydroxylation is 1. The molecule has 0 aliphatic carbocycles. The summed E-state index contributed by atoms with van der Waals surface area (Å²) in [6.45, 7) is 7.57. The first-order valence-electron chi connectivity index (χ1n) is 9.09. The van der Waals surface area contributed by atoms with E-state index in [0.717, 1.165) is 11.1 Å².